The number of sulfonamides is 1. The molecule has 8 heteroatoms. The largest absolute Gasteiger partial charge is 0.347 e. The van der Waals surface area contributed by atoms with Crippen LogP contribution in [-0.2, 0) is 14.8 Å². The van der Waals surface area contributed by atoms with E-state index in [0.29, 0.717) is 0 Å². The van der Waals surface area contributed by atoms with Crippen LogP contribution in [0.2, 0.25) is 0 Å². The number of benzene rings is 1. The van der Waals surface area contributed by atoms with Gasteiger partial charge in [-0.3, -0.25) is 9.10 Å². The van der Waals surface area contributed by atoms with E-state index in [1.807, 2.05) is 0 Å². The minimum atomic E-state index is -3.78. The van der Waals surface area contributed by atoms with Gasteiger partial charge in [0.05, 0.1) is 11.9 Å². The molecule has 1 amide bonds. The molecule has 1 aromatic rings. The third-order valence-electron chi connectivity index (χ3n) is 2.37. The smallest absolute Gasteiger partial charge is 0.242 e. The van der Waals surface area contributed by atoms with E-state index in [1.165, 1.54) is 19.0 Å². The average molecular weight is 292 g/mol. The van der Waals surface area contributed by atoms with Crippen molar-refractivity contribution in [3.63, 3.8) is 0 Å². The first-order chi connectivity index (χ1) is 8.62. The van der Waals surface area contributed by atoms with Crippen LogP contribution in [-0.4, -0.2) is 46.1 Å². The molecule has 0 atom stereocenters. The van der Waals surface area contributed by atoms with Crippen molar-refractivity contribution in [1.82, 2.24) is 4.90 Å². The molecule has 106 valence electrons. The van der Waals surface area contributed by atoms with Crippen molar-refractivity contribution in [1.29, 1.82) is 0 Å². The van der Waals surface area contributed by atoms with Crippen LogP contribution in [0.15, 0.2) is 18.2 Å². The van der Waals surface area contributed by atoms with Crippen LogP contribution in [0.3, 0.4) is 0 Å². The maximum absolute atomic E-state index is 13.1. The Labute approximate surface area is 110 Å². The molecule has 0 radical (unpaired) electrons. The predicted octanol–water partition coefficient (Wildman–Crippen LogP) is 0.819. The van der Waals surface area contributed by atoms with Crippen LogP contribution in [0, 0.1) is 11.6 Å². The number of nitrogens with zero attached hydrogens (tertiary/aromatic N) is 2. The molecule has 0 spiro atoms. The summed E-state index contributed by atoms with van der Waals surface area (Å²) in [4.78, 5) is 12.8. The Morgan fingerprint density at radius 3 is 2.21 bits per heavy atom. The summed E-state index contributed by atoms with van der Waals surface area (Å²) < 4.78 is 49.9. The topological polar surface area (TPSA) is 57.7 Å². The molecule has 1 aromatic carbocycles. The Balaban J connectivity index is 3.18. The zero-order valence-corrected chi connectivity index (χ0v) is 11.5. The monoisotopic (exact) mass is 292 g/mol. The van der Waals surface area contributed by atoms with Crippen molar-refractivity contribution in [3.05, 3.63) is 29.8 Å². The maximum Gasteiger partial charge on any atom is 0.242 e. The Morgan fingerprint density at radius 1 is 1.21 bits per heavy atom. The van der Waals surface area contributed by atoms with Gasteiger partial charge in [0.2, 0.25) is 15.9 Å². The molecule has 0 aliphatic carbocycles. The summed E-state index contributed by atoms with van der Waals surface area (Å²) in [5.41, 5.74) is -0.100. The Kier molecular flexibility index (Phi) is 4.46. The number of halogens is 2. The maximum atomic E-state index is 13.1. The summed E-state index contributed by atoms with van der Waals surface area (Å²) in [5, 5.41) is 0. The van der Waals surface area contributed by atoms with Gasteiger partial charge in [-0.15, -0.1) is 0 Å². The number of rotatable bonds is 4. The van der Waals surface area contributed by atoms with E-state index < -0.39 is 34.1 Å². The third kappa shape index (κ3) is 3.88. The molecule has 5 nitrogen and oxygen atoms in total. The van der Waals surface area contributed by atoms with Crippen LogP contribution >= 0.6 is 0 Å². The lowest BCUT2D eigenvalue weighted by molar-refractivity contribution is -0.127. The van der Waals surface area contributed by atoms with Crippen molar-refractivity contribution < 1.29 is 22.0 Å². The lowest BCUT2D eigenvalue weighted by Gasteiger charge is -2.23. The highest BCUT2D eigenvalue weighted by Gasteiger charge is 2.22. The fourth-order valence-electron chi connectivity index (χ4n) is 1.30. The molecular formula is C11H14F2N2O3S. The predicted molar refractivity (Wildman–Crippen MR) is 67.2 cm³/mol. The second-order valence-electron chi connectivity index (χ2n) is 4.16. The third-order valence-corrected chi connectivity index (χ3v) is 3.51. The summed E-state index contributed by atoms with van der Waals surface area (Å²) in [6.07, 6.45) is 0.886. The molecule has 0 unspecified atom stereocenters. The lowest BCUT2D eigenvalue weighted by Crippen LogP contribution is -2.39. The van der Waals surface area contributed by atoms with Crippen LogP contribution in [0.1, 0.15) is 0 Å². The highest BCUT2D eigenvalue weighted by molar-refractivity contribution is 7.92. The number of carbonyl (C=O) groups is 1. The highest BCUT2D eigenvalue weighted by Crippen LogP contribution is 2.20. The molecule has 0 fully saturated rings. The fourth-order valence-corrected chi connectivity index (χ4v) is 2.15. The van der Waals surface area contributed by atoms with E-state index >= 15 is 0 Å². The number of hydrogen-bond donors (Lipinski definition) is 0. The first-order valence-electron chi connectivity index (χ1n) is 5.26. The van der Waals surface area contributed by atoms with Gasteiger partial charge >= 0.3 is 0 Å². The van der Waals surface area contributed by atoms with Gasteiger partial charge < -0.3 is 4.90 Å². The van der Waals surface area contributed by atoms with Gasteiger partial charge in [0.15, 0.2) is 11.6 Å². The van der Waals surface area contributed by atoms with Crippen molar-refractivity contribution in [2.24, 2.45) is 0 Å². The molecule has 0 aliphatic rings. The second-order valence-corrected chi connectivity index (χ2v) is 6.06. The van der Waals surface area contributed by atoms with E-state index in [-0.39, 0.29) is 5.69 Å². The molecule has 1 rings (SSSR count). The van der Waals surface area contributed by atoms with Gasteiger partial charge in [0.1, 0.15) is 6.54 Å². The number of anilines is 1. The Hall–Kier alpha value is -1.70. The molecular weight excluding hydrogens is 278 g/mol. The van der Waals surface area contributed by atoms with Crippen LogP contribution in [0.25, 0.3) is 0 Å². The highest BCUT2D eigenvalue weighted by atomic mass is 32.2. The SMILES string of the molecule is CN(C)C(=O)CN(c1ccc(F)c(F)c1)S(C)(=O)=O. The Bertz CT molecular complexity index is 588. The van der Waals surface area contributed by atoms with E-state index in [0.717, 1.165) is 28.8 Å². The fraction of sp³-hybridized carbons (Fsp3) is 0.364. The molecule has 0 aromatic heterocycles. The van der Waals surface area contributed by atoms with E-state index in [1.54, 1.807) is 0 Å². The average Bonchev–Trinajstić information content (AvgIpc) is 2.27. The van der Waals surface area contributed by atoms with E-state index in [2.05, 4.69) is 0 Å². The van der Waals surface area contributed by atoms with Crippen LogP contribution in [0.5, 0.6) is 0 Å². The van der Waals surface area contributed by atoms with Crippen molar-refractivity contribution in [3.8, 4) is 0 Å². The summed E-state index contributed by atoms with van der Waals surface area (Å²) in [5.74, 6) is -2.74. The molecule has 0 saturated heterocycles. The number of likely N-dealkylation sites (N-methyl/N-ethyl adjacent to an activating group) is 1. The lowest BCUT2D eigenvalue weighted by atomic mass is 10.3. The van der Waals surface area contributed by atoms with Gasteiger partial charge in [-0.25, -0.2) is 17.2 Å². The first kappa shape index (κ1) is 15.4. The minimum absolute atomic E-state index is 0.100. The van der Waals surface area contributed by atoms with E-state index in [9.17, 15) is 22.0 Å². The zero-order valence-electron chi connectivity index (χ0n) is 10.7. The number of hydrogen-bond acceptors (Lipinski definition) is 3. The van der Waals surface area contributed by atoms with E-state index in [4.69, 9.17) is 0 Å². The summed E-state index contributed by atoms with van der Waals surface area (Å²) in [6.45, 7) is -0.475. The summed E-state index contributed by atoms with van der Waals surface area (Å²) >= 11 is 0. The molecule has 0 heterocycles. The number of amides is 1. The molecule has 19 heavy (non-hydrogen) atoms. The van der Waals surface area contributed by atoms with Crippen LogP contribution in [0.4, 0.5) is 14.5 Å². The normalized spacial score (nSPS) is 11.2. The second kappa shape index (κ2) is 5.52. The van der Waals surface area contributed by atoms with Gasteiger partial charge in [-0.1, -0.05) is 0 Å². The molecule has 0 aliphatic heterocycles. The summed E-state index contributed by atoms with van der Waals surface area (Å²) in [6, 6.07) is 2.64. The molecule has 0 saturated carbocycles. The minimum Gasteiger partial charge on any atom is -0.347 e. The van der Waals surface area contributed by atoms with Gasteiger partial charge in [-0.05, 0) is 12.1 Å². The number of carbonyl (C=O) groups excluding carboxylic acids is 1. The first-order valence-corrected chi connectivity index (χ1v) is 7.10. The quantitative estimate of drug-likeness (QED) is 0.825. The van der Waals surface area contributed by atoms with Gasteiger partial charge in [0, 0.05) is 20.2 Å². The Morgan fingerprint density at radius 2 is 1.79 bits per heavy atom. The van der Waals surface area contributed by atoms with Crippen molar-refractivity contribution in [2.45, 2.75) is 0 Å². The van der Waals surface area contributed by atoms with Crippen LogP contribution < -0.4 is 4.31 Å². The van der Waals surface area contributed by atoms with Crippen molar-refractivity contribution >= 4 is 21.6 Å². The van der Waals surface area contributed by atoms with Gasteiger partial charge in [0.25, 0.3) is 0 Å². The summed E-state index contributed by atoms with van der Waals surface area (Å²) in [7, 11) is -0.847. The standard InChI is InChI=1S/C11H14F2N2O3S/c1-14(2)11(16)7-15(19(3,17)18)8-4-5-9(12)10(13)6-8/h4-6H,7H2,1-3H3. The zero-order chi connectivity index (χ0) is 14.8. The molecule has 0 bridgehead atoms. The van der Waals surface area contributed by atoms with Gasteiger partial charge in [-0.2, -0.15) is 0 Å². The molecule has 0 N–H and O–H groups in total. The van der Waals surface area contributed by atoms with Crippen molar-refractivity contribution in [2.75, 3.05) is 31.2 Å².